The van der Waals surface area contributed by atoms with E-state index < -0.39 is 0 Å². The Kier molecular flexibility index (Phi) is 6.68. The quantitative estimate of drug-likeness (QED) is 0.451. The molecular weight excluding hydrogens is 388 g/mol. The van der Waals surface area contributed by atoms with Crippen molar-refractivity contribution in [2.45, 2.75) is 11.8 Å². The van der Waals surface area contributed by atoms with Crippen molar-refractivity contribution in [2.75, 3.05) is 26.3 Å². The van der Waals surface area contributed by atoms with Crippen LogP contribution in [0.5, 0.6) is 5.75 Å². The third-order valence-electron chi connectivity index (χ3n) is 3.85. The maximum atomic E-state index is 12.4. The standard InChI is InChI=1S/C18H19ClN4O3S/c1-12(16-9-14(19)2-3-17(16)24)21-22-18(25)13-8-15(11-20-10-13)27-23-4-6-26-7-5-23/h2-3,8-11,24H,4-7H2,1H3,(H,22,25)/b21-12+. The van der Waals surface area contributed by atoms with Gasteiger partial charge in [-0.1, -0.05) is 11.6 Å². The first-order valence-electron chi connectivity index (χ1n) is 8.32. The van der Waals surface area contributed by atoms with E-state index in [-0.39, 0.29) is 11.7 Å². The van der Waals surface area contributed by atoms with Crippen molar-refractivity contribution in [1.82, 2.24) is 14.7 Å². The lowest BCUT2D eigenvalue weighted by atomic mass is 10.1. The maximum absolute atomic E-state index is 12.4. The number of hydrogen-bond acceptors (Lipinski definition) is 7. The molecule has 1 saturated heterocycles. The summed E-state index contributed by atoms with van der Waals surface area (Å²) in [6.45, 7) is 4.73. The molecule has 0 radical (unpaired) electrons. The lowest BCUT2D eigenvalue weighted by Gasteiger charge is -2.25. The number of carbonyl (C=O) groups excluding carboxylic acids is 1. The van der Waals surface area contributed by atoms with Crippen LogP contribution in [0.2, 0.25) is 5.02 Å². The van der Waals surface area contributed by atoms with Gasteiger partial charge < -0.3 is 9.84 Å². The molecular formula is C18H19ClN4O3S. The molecule has 7 nitrogen and oxygen atoms in total. The number of halogens is 1. The highest BCUT2D eigenvalue weighted by molar-refractivity contribution is 7.97. The largest absolute Gasteiger partial charge is 0.507 e. The first kappa shape index (κ1) is 19.6. The Labute approximate surface area is 166 Å². The second-order valence-corrected chi connectivity index (χ2v) is 7.45. The summed E-state index contributed by atoms with van der Waals surface area (Å²) in [4.78, 5) is 17.4. The minimum Gasteiger partial charge on any atom is -0.507 e. The lowest BCUT2D eigenvalue weighted by molar-refractivity contribution is 0.0773. The van der Waals surface area contributed by atoms with Crippen molar-refractivity contribution in [2.24, 2.45) is 5.10 Å². The van der Waals surface area contributed by atoms with Crippen LogP contribution in [0.3, 0.4) is 0 Å². The molecule has 0 spiro atoms. The zero-order valence-corrected chi connectivity index (χ0v) is 16.3. The van der Waals surface area contributed by atoms with Crippen molar-refractivity contribution >= 4 is 35.2 Å². The predicted molar refractivity (Wildman–Crippen MR) is 105 cm³/mol. The normalized spacial score (nSPS) is 15.6. The van der Waals surface area contributed by atoms with Crippen LogP contribution in [0.4, 0.5) is 0 Å². The van der Waals surface area contributed by atoms with E-state index >= 15 is 0 Å². The van der Waals surface area contributed by atoms with E-state index in [0.717, 1.165) is 18.0 Å². The van der Waals surface area contributed by atoms with Gasteiger partial charge in [0.1, 0.15) is 5.75 Å². The molecule has 9 heteroatoms. The number of phenolic OH excluding ortho intramolecular Hbond substituents is 1. The van der Waals surface area contributed by atoms with E-state index in [9.17, 15) is 9.90 Å². The molecule has 2 heterocycles. The number of hydrogen-bond donors (Lipinski definition) is 2. The number of nitrogens with one attached hydrogen (secondary N) is 1. The summed E-state index contributed by atoms with van der Waals surface area (Å²) in [5.74, 6) is -0.340. The number of aromatic nitrogens is 1. The maximum Gasteiger partial charge on any atom is 0.272 e. The fourth-order valence-electron chi connectivity index (χ4n) is 2.44. The molecule has 27 heavy (non-hydrogen) atoms. The van der Waals surface area contributed by atoms with Gasteiger partial charge in [-0.05, 0) is 43.1 Å². The van der Waals surface area contributed by atoms with Gasteiger partial charge in [-0.3, -0.25) is 9.78 Å². The van der Waals surface area contributed by atoms with Gasteiger partial charge in [0.2, 0.25) is 0 Å². The number of amides is 1. The van der Waals surface area contributed by atoms with Gasteiger partial charge in [0, 0.05) is 41.0 Å². The predicted octanol–water partition coefficient (Wildman–Crippen LogP) is 2.93. The molecule has 2 N–H and O–H groups in total. The second-order valence-electron chi connectivity index (χ2n) is 5.84. The molecule has 0 unspecified atom stereocenters. The number of benzene rings is 1. The molecule has 1 amide bonds. The number of aromatic hydroxyl groups is 1. The SMILES string of the molecule is C/C(=N\NC(=O)c1cncc(SN2CCOCC2)c1)c1cc(Cl)ccc1O. The van der Waals surface area contributed by atoms with Crippen LogP contribution in [0.25, 0.3) is 0 Å². The number of nitrogens with zero attached hydrogens (tertiary/aromatic N) is 3. The number of morpholine rings is 1. The summed E-state index contributed by atoms with van der Waals surface area (Å²) in [6, 6.07) is 6.41. The summed E-state index contributed by atoms with van der Waals surface area (Å²) < 4.78 is 7.50. The first-order valence-corrected chi connectivity index (χ1v) is 9.47. The molecule has 1 fully saturated rings. The zero-order chi connectivity index (χ0) is 19.2. The zero-order valence-electron chi connectivity index (χ0n) is 14.7. The van der Waals surface area contributed by atoms with Gasteiger partial charge in [-0.25, -0.2) is 9.73 Å². The highest BCUT2D eigenvalue weighted by Gasteiger charge is 2.14. The molecule has 3 rings (SSSR count). The monoisotopic (exact) mass is 406 g/mol. The van der Waals surface area contributed by atoms with Crippen molar-refractivity contribution in [3.63, 3.8) is 0 Å². The lowest BCUT2D eigenvalue weighted by Crippen LogP contribution is -2.30. The number of carbonyl (C=O) groups is 1. The summed E-state index contributed by atoms with van der Waals surface area (Å²) in [5, 5.41) is 14.4. The minimum atomic E-state index is -0.382. The Morgan fingerprint density at radius 3 is 2.89 bits per heavy atom. The fourth-order valence-corrected chi connectivity index (χ4v) is 3.53. The van der Waals surface area contributed by atoms with E-state index in [0.29, 0.717) is 35.1 Å². The third kappa shape index (κ3) is 5.43. The van der Waals surface area contributed by atoms with Crippen LogP contribution >= 0.6 is 23.5 Å². The highest BCUT2D eigenvalue weighted by Crippen LogP contribution is 2.24. The van der Waals surface area contributed by atoms with Crippen LogP contribution in [0, 0.1) is 0 Å². The number of hydrazone groups is 1. The average molecular weight is 407 g/mol. The summed E-state index contributed by atoms with van der Waals surface area (Å²) in [6.07, 6.45) is 3.20. The minimum absolute atomic E-state index is 0.0421. The van der Waals surface area contributed by atoms with E-state index in [1.807, 2.05) is 0 Å². The molecule has 0 atom stereocenters. The molecule has 1 aliphatic heterocycles. The van der Waals surface area contributed by atoms with Crippen LogP contribution in [0.15, 0.2) is 46.7 Å². The Morgan fingerprint density at radius 2 is 2.11 bits per heavy atom. The summed E-state index contributed by atoms with van der Waals surface area (Å²) in [7, 11) is 0. The van der Waals surface area contributed by atoms with Gasteiger partial charge in [0.05, 0.1) is 24.5 Å². The van der Waals surface area contributed by atoms with Crippen molar-refractivity contribution in [3.05, 3.63) is 52.8 Å². The average Bonchev–Trinajstić information content (AvgIpc) is 2.68. The van der Waals surface area contributed by atoms with Crippen molar-refractivity contribution in [3.8, 4) is 5.75 Å². The second kappa shape index (κ2) is 9.18. The molecule has 1 aromatic carbocycles. The van der Waals surface area contributed by atoms with Gasteiger partial charge in [-0.15, -0.1) is 0 Å². The van der Waals surface area contributed by atoms with Gasteiger partial charge in [0.15, 0.2) is 0 Å². The number of ether oxygens (including phenoxy) is 1. The molecule has 0 bridgehead atoms. The highest BCUT2D eigenvalue weighted by atomic mass is 35.5. The van der Waals surface area contributed by atoms with Crippen molar-refractivity contribution < 1.29 is 14.6 Å². The Hall–Kier alpha value is -2.13. The van der Waals surface area contributed by atoms with Gasteiger partial charge in [-0.2, -0.15) is 5.10 Å². The fraction of sp³-hybridized carbons (Fsp3) is 0.278. The Balaban J connectivity index is 1.67. The van der Waals surface area contributed by atoms with E-state index in [1.54, 1.807) is 43.3 Å². The molecule has 2 aromatic rings. The van der Waals surface area contributed by atoms with Crippen LogP contribution in [0.1, 0.15) is 22.8 Å². The Bertz CT molecular complexity index is 856. The van der Waals surface area contributed by atoms with Crippen LogP contribution in [-0.2, 0) is 4.74 Å². The summed E-state index contributed by atoms with van der Waals surface area (Å²) >= 11 is 7.49. The summed E-state index contributed by atoms with van der Waals surface area (Å²) in [5.41, 5.74) is 3.79. The third-order valence-corrected chi connectivity index (χ3v) is 5.15. The number of pyridine rings is 1. The van der Waals surface area contributed by atoms with Crippen molar-refractivity contribution in [1.29, 1.82) is 0 Å². The van der Waals surface area contributed by atoms with E-state index in [4.69, 9.17) is 16.3 Å². The molecule has 1 aromatic heterocycles. The van der Waals surface area contributed by atoms with Gasteiger partial charge >= 0.3 is 0 Å². The van der Waals surface area contributed by atoms with Crippen LogP contribution < -0.4 is 5.43 Å². The topological polar surface area (TPSA) is 87.1 Å². The number of phenols is 1. The molecule has 142 valence electrons. The van der Waals surface area contributed by atoms with Crippen LogP contribution in [-0.4, -0.2) is 52.3 Å². The molecule has 0 saturated carbocycles. The van der Waals surface area contributed by atoms with E-state index in [2.05, 4.69) is 19.8 Å². The smallest absolute Gasteiger partial charge is 0.272 e. The first-order chi connectivity index (χ1) is 13.0. The van der Waals surface area contributed by atoms with E-state index in [1.165, 1.54) is 12.3 Å². The molecule has 0 aliphatic carbocycles. The number of rotatable bonds is 5. The molecule has 1 aliphatic rings. The Morgan fingerprint density at radius 1 is 1.33 bits per heavy atom. The van der Waals surface area contributed by atoms with Gasteiger partial charge in [0.25, 0.3) is 5.91 Å².